The Hall–Kier alpha value is -3.07. The number of nitrogens with one attached hydrogen (secondary N) is 3. The van der Waals surface area contributed by atoms with Crippen molar-refractivity contribution in [1.82, 2.24) is 15.1 Å². The molecule has 2 aromatic carbocycles. The summed E-state index contributed by atoms with van der Waals surface area (Å²) in [6.07, 6.45) is 3.37. The van der Waals surface area contributed by atoms with Crippen LogP contribution in [0.25, 0.3) is 5.69 Å². The second-order valence-corrected chi connectivity index (χ2v) is 8.99. The molecule has 0 fully saturated rings. The van der Waals surface area contributed by atoms with E-state index in [9.17, 15) is 9.59 Å². The lowest BCUT2D eigenvalue weighted by Crippen LogP contribution is -2.45. The van der Waals surface area contributed by atoms with E-state index in [1.165, 1.54) is 0 Å². The number of rotatable bonds is 7. The molecule has 0 bridgehead atoms. The fourth-order valence-corrected chi connectivity index (χ4v) is 4.25. The van der Waals surface area contributed by atoms with Crippen LogP contribution in [0.15, 0.2) is 42.5 Å². The Morgan fingerprint density at radius 3 is 2.76 bits per heavy atom. The molecular formula is C24H26Cl2N6O2. The first-order valence-electron chi connectivity index (χ1n) is 11.1. The van der Waals surface area contributed by atoms with Crippen molar-refractivity contribution in [2.75, 3.05) is 10.6 Å². The van der Waals surface area contributed by atoms with Crippen LogP contribution in [0.1, 0.15) is 36.6 Å². The molecule has 2 heterocycles. The number of nitrogens with zero attached hydrogens (tertiary/aromatic N) is 2. The summed E-state index contributed by atoms with van der Waals surface area (Å²) < 4.78 is 1.71. The summed E-state index contributed by atoms with van der Waals surface area (Å²) in [7, 11) is 0. The molecule has 0 radical (unpaired) electrons. The lowest BCUT2D eigenvalue weighted by atomic mass is 9.95. The molecule has 0 saturated heterocycles. The molecule has 8 nitrogen and oxygen atoms in total. The van der Waals surface area contributed by atoms with Crippen molar-refractivity contribution >= 4 is 46.6 Å². The van der Waals surface area contributed by atoms with E-state index in [4.69, 9.17) is 34.0 Å². The third kappa shape index (κ3) is 5.35. The van der Waals surface area contributed by atoms with E-state index in [2.05, 4.69) is 22.9 Å². The minimum Gasteiger partial charge on any atom is -0.368 e. The first-order valence-corrected chi connectivity index (χ1v) is 11.9. The van der Waals surface area contributed by atoms with Crippen LogP contribution in [-0.2, 0) is 24.2 Å². The SMILES string of the molecule is CCCCc1cc(NC(=O)Nc2cccc(Cl)c2Cl)n(-c2ccc3c(c2)CNC(C(N)=O)C3)n1. The van der Waals surface area contributed by atoms with Gasteiger partial charge in [-0.15, -0.1) is 0 Å². The highest BCUT2D eigenvalue weighted by Crippen LogP contribution is 2.30. The van der Waals surface area contributed by atoms with Crippen LogP contribution in [0, 0.1) is 0 Å². The number of amides is 3. The number of primary amides is 1. The second-order valence-electron chi connectivity index (χ2n) is 8.21. The van der Waals surface area contributed by atoms with Crippen molar-refractivity contribution in [1.29, 1.82) is 0 Å². The lowest BCUT2D eigenvalue weighted by molar-refractivity contribution is -0.120. The minimum atomic E-state index is -0.462. The number of carbonyl (C=O) groups excluding carboxylic acids is 2. The number of halogens is 2. The van der Waals surface area contributed by atoms with E-state index in [-0.39, 0.29) is 17.0 Å². The van der Waals surface area contributed by atoms with Gasteiger partial charge in [0.2, 0.25) is 5.91 Å². The maximum absolute atomic E-state index is 12.8. The lowest BCUT2D eigenvalue weighted by Gasteiger charge is -2.24. The Kier molecular flexibility index (Phi) is 7.41. The van der Waals surface area contributed by atoms with Gasteiger partial charge in [-0.25, -0.2) is 9.48 Å². The largest absolute Gasteiger partial charge is 0.368 e. The van der Waals surface area contributed by atoms with Gasteiger partial charge in [0.25, 0.3) is 0 Å². The number of urea groups is 1. The van der Waals surface area contributed by atoms with Crippen LogP contribution in [0.4, 0.5) is 16.3 Å². The first kappa shape index (κ1) is 24.1. The van der Waals surface area contributed by atoms with Crippen molar-refractivity contribution in [3.8, 4) is 5.69 Å². The van der Waals surface area contributed by atoms with E-state index in [0.717, 1.165) is 41.8 Å². The van der Waals surface area contributed by atoms with Crippen LogP contribution in [-0.4, -0.2) is 27.8 Å². The first-order chi connectivity index (χ1) is 16.4. The third-order valence-corrected chi connectivity index (χ3v) is 6.55. The zero-order valence-corrected chi connectivity index (χ0v) is 20.2. The highest BCUT2D eigenvalue weighted by molar-refractivity contribution is 6.44. The summed E-state index contributed by atoms with van der Waals surface area (Å²) in [5.41, 5.74) is 9.66. The molecular weight excluding hydrogens is 475 g/mol. The minimum absolute atomic E-state index is 0.271. The van der Waals surface area contributed by atoms with Gasteiger partial charge in [0.05, 0.1) is 33.2 Å². The molecule has 1 aliphatic rings. The fourth-order valence-electron chi connectivity index (χ4n) is 3.90. The number of aromatic nitrogens is 2. The van der Waals surface area contributed by atoms with Crippen molar-refractivity contribution in [2.45, 2.75) is 45.2 Å². The van der Waals surface area contributed by atoms with Crippen LogP contribution < -0.4 is 21.7 Å². The van der Waals surface area contributed by atoms with Crippen molar-refractivity contribution in [3.63, 3.8) is 0 Å². The topological polar surface area (TPSA) is 114 Å². The number of aryl methyl sites for hydroxylation is 1. The zero-order valence-electron chi connectivity index (χ0n) is 18.7. The smallest absolute Gasteiger partial charge is 0.324 e. The van der Waals surface area contributed by atoms with Crippen LogP contribution in [0.5, 0.6) is 0 Å². The highest BCUT2D eigenvalue weighted by atomic mass is 35.5. The number of hydrogen-bond acceptors (Lipinski definition) is 4. The van der Waals surface area contributed by atoms with Gasteiger partial charge in [0.1, 0.15) is 5.82 Å². The fraction of sp³-hybridized carbons (Fsp3) is 0.292. The van der Waals surface area contributed by atoms with Gasteiger partial charge in [-0.3, -0.25) is 10.1 Å². The maximum atomic E-state index is 12.8. The van der Waals surface area contributed by atoms with Crippen molar-refractivity contribution < 1.29 is 9.59 Å². The maximum Gasteiger partial charge on any atom is 0.324 e. The number of nitrogens with two attached hydrogens (primary N) is 1. The Labute approximate surface area is 207 Å². The number of carbonyl (C=O) groups is 2. The molecule has 1 aromatic heterocycles. The summed E-state index contributed by atoms with van der Waals surface area (Å²) in [5.74, 6) is 0.167. The van der Waals surface area contributed by atoms with Crippen LogP contribution >= 0.6 is 23.2 Å². The molecule has 3 aromatic rings. The van der Waals surface area contributed by atoms with Crippen molar-refractivity contribution in [2.24, 2.45) is 5.73 Å². The number of unbranched alkanes of at least 4 members (excludes halogenated alkanes) is 1. The molecule has 1 aliphatic heterocycles. The van der Waals surface area contributed by atoms with Gasteiger partial charge in [-0.2, -0.15) is 5.10 Å². The number of hydrogen-bond donors (Lipinski definition) is 4. The second kappa shape index (κ2) is 10.5. The predicted octanol–water partition coefficient (Wildman–Crippen LogP) is 4.67. The Morgan fingerprint density at radius 2 is 2.00 bits per heavy atom. The molecule has 34 heavy (non-hydrogen) atoms. The molecule has 1 unspecified atom stereocenters. The summed E-state index contributed by atoms with van der Waals surface area (Å²) in [5, 5.41) is 14.1. The van der Waals surface area contributed by atoms with Gasteiger partial charge >= 0.3 is 6.03 Å². The van der Waals surface area contributed by atoms with Gasteiger partial charge in [0.15, 0.2) is 0 Å². The number of anilines is 2. The van der Waals surface area contributed by atoms with Crippen LogP contribution in [0.2, 0.25) is 10.0 Å². The third-order valence-electron chi connectivity index (χ3n) is 5.73. The Balaban J connectivity index is 1.60. The van der Waals surface area contributed by atoms with Gasteiger partial charge < -0.3 is 16.4 Å². The number of fused-ring (bicyclic) bond motifs is 1. The molecule has 1 atom stereocenters. The number of benzene rings is 2. The summed E-state index contributed by atoms with van der Waals surface area (Å²) in [4.78, 5) is 24.3. The van der Waals surface area contributed by atoms with E-state index in [1.54, 1.807) is 22.9 Å². The van der Waals surface area contributed by atoms with E-state index < -0.39 is 6.03 Å². The Bertz CT molecular complexity index is 1230. The van der Waals surface area contributed by atoms with Gasteiger partial charge in [-0.1, -0.05) is 48.7 Å². The van der Waals surface area contributed by atoms with E-state index >= 15 is 0 Å². The quantitative estimate of drug-likeness (QED) is 0.377. The molecule has 178 valence electrons. The van der Waals surface area contributed by atoms with Crippen molar-refractivity contribution in [3.05, 3.63) is 69.3 Å². The molecule has 10 heteroatoms. The molecule has 0 saturated carbocycles. The average Bonchev–Trinajstić information content (AvgIpc) is 3.22. The summed E-state index contributed by atoms with van der Waals surface area (Å²) >= 11 is 12.2. The highest BCUT2D eigenvalue weighted by Gasteiger charge is 2.23. The molecule has 4 rings (SSSR count). The Morgan fingerprint density at radius 1 is 1.18 bits per heavy atom. The zero-order chi connectivity index (χ0) is 24.2. The predicted molar refractivity (Wildman–Crippen MR) is 135 cm³/mol. The molecule has 0 spiro atoms. The van der Waals surface area contributed by atoms with Crippen LogP contribution in [0.3, 0.4) is 0 Å². The summed E-state index contributed by atoms with van der Waals surface area (Å²) in [6.45, 7) is 2.64. The van der Waals surface area contributed by atoms with E-state index in [0.29, 0.717) is 29.5 Å². The average molecular weight is 501 g/mol. The van der Waals surface area contributed by atoms with Gasteiger partial charge in [-0.05, 0) is 54.7 Å². The summed E-state index contributed by atoms with van der Waals surface area (Å²) in [6, 6.07) is 12.0. The van der Waals surface area contributed by atoms with E-state index in [1.807, 2.05) is 24.3 Å². The monoisotopic (exact) mass is 500 g/mol. The molecule has 0 aliphatic carbocycles. The molecule has 5 N–H and O–H groups in total. The molecule has 3 amide bonds. The normalized spacial score (nSPS) is 15.0. The standard InChI is InChI=1S/C24H26Cl2N6O2/c1-2-3-5-16-12-21(30-24(34)29-19-7-4-6-18(25)22(19)26)32(31-16)17-9-8-14-11-20(23(27)33)28-13-15(14)10-17/h4,6-10,12,20,28H,2-3,5,11,13H2,1H3,(H2,27,33)(H2,29,30,34). The van der Waals surface area contributed by atoms with Gasteiger partial charge in [0, 0.05) is 12.6 Å².